The van der Waals surface area contributed by atoms with Crippen LogP contribution in [0.2, 0.25) is 0 Å². The van der Waals surface area contributed by atoms with Gasteiger partial charge >= 0.3 is 0 Å². The number of hydrogen-bond acceptors (Lipinski definition) is 3. The fourth-order valence-electron chi connectivity index (χ4n) is 6.09. The van der Waals surface area contributed by atoms with E-state index >= 15 is 0 Å². The second-order valence-electron chi connectivity index (χ2n) is 10.8. The molecule has 0 saturated carbocycles. The van der Waals surface area contributed by atoms with Gasteiger partial charge in [-0.3, -0.25) is 9.78 Å². The molecule has 2 N–H and O–H groups in total. The maximum Gasteiger partial charge on any atom is 0.226 e. The van der Waals surface area contributed by atoms with Gasteiger partial charge in [0.05, 0.1) is 23.5 Å². The molecule has 0 radical (unpaired) electrons. The van der Waals surface area contributed by atoms with Gasteiger partial charge in [0.15, 0.2) is 5.11 Å². The molecular weight excluding hydrogens is 514 g/mol. The lowest BCUT2D eigenvalue weighted by Crippen LogP contribution is -2.33. The maximum absolute atomic E-state index is 13.0. The van der Waals surface area contributed by atoms with E-state index in [1.54, 1.807) is 0 Å². The molecule has 40 heavy (non-hydrogen) atoms. The van der Waals surface area contributed by atoms with E-state index < -0.39 is 0 Å². The smallest absolute Gasteiger partial charge is 0.226 e. The summed E-state index contributed by atoms with van der Waals surface area (Å²) >= 11 is 5.88. The van der Waals surface area contributed by atoms with E-state index in [4.69, 9.17) is 12.2 Å². The van der Waals surface area contributed by atoms with Crippen LogP contribution >= 0.6 is 12.2 Å². The first kappa shape index (κ1) is 27.6. The largest absolute Gasteiger partial charge is 0.352 e. The first-order valence-corrected chi connectivity index (χ1v) is 14.2. The van der Waals surface area contributed by atoms with E-state index in [0.29, 0.717) is 18.1 Å². The minimum Gasteiger partial charge on any atom is -0.352 e. The minimum absolute atomic E-state index is 0.0338. The molecule has 1 aliphatic heterocycles. The fourth-order valence-corrected chi connectivity index (χ4v) is 6.42. The van der Waals surface area contributed by atoms with Crippen LogP contribution in [0.3, 0.4) is 0 Å². The number of nitrogens with zero attached hydrogens (tertiary/aromatic N) is 3. The first-order valence-electron chi connectivity index (χ1n) is 13.8. The number of carbonyl (C=O) groups is 1. The Kier molecular flexibility index (Phi) is 7.76. The number of anilines is 1. The van der Waals surface area contributed by atoms with Crippen molar-refractivity contribution in [1.29, 1.82) is 0 Å². The number of amides is 1. The number of para-hydroxylation sites is 1. The van der Waals surface area contributed by atoms with Crippen LogP contribution in [-0.2, 0) is 4.79 Å². The van der Waals surface area contributed by atoms with Crippen molar-refractivity contribution < 1.29 is 4.79 Å². The van der Waals surface area contributed by atoms with Crippen LogP contribution in [0.4, 0.5) is 5.69 Å². The standard InChI is InChI=1S/C33H37N5OS/c1-20-17-22(3)31(23(4)18-20)38-24(5)19-26(25(38)6)32-30(28-13-9-10-15-34-28)36-33(40)37(32)16-14-29(39)35-27-12-8-7-11-21(27)2/h7-13,15,17-19,30,32H,14,16H2,1-6H3,(H,35,39)(H,36,40)/t30-,32+/m0/s1. The van der Waals surface area contributed by atoms with Crippen molar-refractivity contribution in [2.45, 2.75) is 60.0 Å². The van der Waals surface area contributed by atoms with Crippen LogP contribution in [0.25, 0.3) is 5.69 Å². The number of carbonyl (C=O) groups excluding carboxylic acids is 1. The predicted octanol–water partition coefficient (Wildman–Crippen LogP) is 6.72. The maximum atomic E-state index is 13.0. The topological polar surface area (TPSA) is 62.2 Å². The van der Waals surface area contributed by atoms with Crippen LogP contribution < -0.4 is 10.6 Å². The SMILES string of the molecule is Cc1cc(C)c(-n2c(C)cc([C@@H]3[C@H](c4ccccn4)NC(=S)N3CCC(=O)Nc3ccccc3C)c2C)c(C)c1. The van der Waals surface area contributed by atoms with Gasteiger partial charge in [-0.2, -0.15) is 0 Å². The zero-order valence-electron chi connectivity index (χ0n) is 24.1. The third-order valence-corrected chi connectivity index (χ3v) is 8.20. The van der Waals surface area contributed by atoms with Crippen LogP contribution in [0.1, 0.15) is 63.4 Å². The van der Waals surface area contributed by atoms with Gasteiger partial charge in [0, 0.05) is 36.2 Å². The molecular formula is C33H37N5OS. The molecule has 6 nitrogen and oxygen atoms in total. The second kappa shape index (κ2) is 11.3. The molecule has 1 fully saturated rings. The quantitative estimate of drug-likeness (QED) is 0.250. The van der Waals surface area contributed by atoms with Crippen LogP contribution in [0, 0.1) is 41.5 Å². The molecule has 7 heteroatoms. The normalized spacial score (nSPS) is 16.8. The fraction of sp³-hybridized carbons (Fsp3) is 0.303. The summed E-state index contributed by atoms with van der Waals surface area (Å²) in [6.45, 7) is 13.3. The number of aryl methyl sites for hydroxylation is 5. The average molecular weight is 552 g/mol. The van der Waals surface area contributed by atoms with E-state index in [1.165, 1.54) is 33.6 Å². The molecule has 2 atom stereocenters. The zero-order valence-corrected chi connectivity index (χ0v) is 24.9. The summed E-state index contributed by atoms with van der Waals surface area (Å²) in [5, 5.41) is 7.23. The molecule has 1 amide bonds. The van der Waals surface area contributed by atoms with Gasteiger partial charge in [-0.1, -0.05) is 42.0 Å². The van der Waals surface area contributed by atoms with E-state index in [1.807, 2.05) is 55.6 Å². The Labute approximate surface area is 242 Å². The molecule has 1 aliphatic rings. The van der Waals surface area contributed by atoms with Gasteiger partial charge < -0.3 is 20.1 Å². The Morgan fingerprint density at radius 3 is 2.33 bits per heavy atom. The Morgan fingerprint density at radius 1 is 0.950 bits per heavy atom. The number of aromatic nitrogens is 2. The monoisotopic (exact) mass is 551 g/mol. The number of rotatable bonds is 7. The van der Waals surface area contributed by atoms with Gasteiger partial charge in [-0.25, -0.2) is 0 Å². The van der Waals surface area contributed by atoms with E-state index in [2.05, 4.69) is 77.9 Å². The van der Waals surface area contributed by atoms with Gasteiger partial charge in [-0.05, 0) is 100 Å². The predicted molar refractivity (Wildman–Crippen MR) is 166 cm³/mol. The molecule has 0 aliphatic carbocycles. The van der Waals surface area contributed by atoms with Crippen LogP contribution in [-0.4, -0.2) is 32.0 Å². The van der Waals surface area contributed by atoms with Crippen molar-refractivity contribution in [3.63, 3.8) is 0 Å². The highest BCUT2D eigenvalue weighted by Crippen LogP contribution is 2.42. The van der Waals surface area contributed by atoms with Crippen molar-refractivity contribution in [1.82, 2.24) is 19.8 Å². The zero-order chi connectivity index (χ0) is 28.6. The number of hydrogen-bond donors (Lipinski definition) is 2. The lowest BCUT2D eigenvalue weighted by Gasteiger charge is -2.28. The molecule has 4 aromatic rings. The number of thiocarbonyl (C=S) groups is 1. The van der Waals surface area contributed by atoms with Gasteiger partial charge in [0.2, 0.25) is 5.91 Å². The minimum atomic E-state index is -0.137. The molecule has 0 spiro atoms. The number of nitrogens with one attached hydrogen (secondary N) is 2. The molecule has 3 heterocycles. The summed E-state index contributed by atoms with van der Waals surface area (Å²) in [4.78, 5) is 19.9. The van der Waals surface area contributed by atoms with Gasteiger partial charge in [0.1, 0.15) is 0 Å². The van der Waals surface area contributed by atoms with Crippen molar-refractivity contribution in [2.75, 3.05) is 11.9 Å². The average Bonchev–Trinajstić information content (AvgIpc) is 3.39. The van der Waals surface area contributed by atoms with Crippen LogP contribution in [0.15, 0.2) is 66.9 Å². The summed E-state index contributed by atoms with van der Waals surface area (Å²) in [5.41, 5.74) is 11.3. The van der Waals surface area contributed by atoms with Crippen molar-refractivity contribution in [3.8, 4) is 5.69 Å². The number of pyridine rings is 1. The Bertz CT molecular complexity index is 1550. The molecule has 2 aromatic heterocycles. The molecule has 206 valence electrons. The van der Waals surface area contributed by atoms with Crippen LogP contribution in [0.5, 0.6) is 0 Å². The highest BCUT2D eigenvalue weighted by molar-refractivity contribution is 7.80. The summed E-state index contributed by atoms with van der Waals surface area (Å²) < 4.78 is 2.36. The highest BCUT2D eigenvalue weighted by Gasteiger charge is 2.41. The Hall–Kier alpha value is -3.97. The third-order valence-electron chi connectivity index (χ3n) is 7.84. The van der Waals surface area contributed by atoms with Crippen molar-refractivity contribution in [3.05, 3.63) is 112 Å². The van der Waals surface area contributed by atoms with E-state index in [-0.39, 0.29) is 18.0 Å². The molecule has 0 bridgehead atoms. The summed E-state index contributed by atoms with van der Waals surface area (Å²) in [7, 11) is 0. The summed E-state index contributed by atoms with van der Waals surface area (Å²) in [6, 6.07) is 20.3. The van der Waals surface area contributed by atoms with E-state index in [9.17, 15) is 4.79 Å². The van der Waals surface area contributed by atoms with Crippen molar-refractivity contribution in [2.24, 2.45) is 0 Å². The molecule has 0 unspecified atom stereocenters. The lowest BCUT2D eigenvalue weighted by atomic mass is 9.96. The van der Waals surface area contributed by atoms with Crippen molar-refractivity contribution >= 4 is 28.9 Å². The van der Waals surface area contributed by atoms with E-state index in [0.717, 1.165) is 22.6 Å². The molecule has 5 rings (SSSR count). The third kappa shape index (κ3) is 5.26. The summed E-state index contributed by atoms with van der Waals surface area (Å²) in [5.74, 6) is -0.0338. The number of benzene rings is 2. The Balaban J connectivity index is 1.51. The van der Waals surface area contributed by atoms with Gasteiger partial charge in [0.25, 0.3) is 0 Å². The highest BCUT2D eigenvalue weighted by atomic mass is 32.1. The summed E-state index contributed by atoms with van der Waals surface area (Å²) in [6.07, 6.45) is 2.13. The second-order valence-corrected chi connectivity index (χ2v) is 11.2. The lowest BCUT2D eigenvalue weighted by molar-refractivity contribution is -0.116. The first-order chi connectivity index (χ1) is 19.2. The molecule has 2 aromatic carbocycles. The molecule has 1 saturated heterocycles. The Morgan fingerprint density at radius 2 is 1.65 bits per heavy atom. The van der Waals surface area contributed by atoms with Gasteiger partial charge in [-0.15, -0.1) is 0 Å².